The van der Waals surface area contributed by atoms with Crippen molar-refractivity contribution in [3.8, 4) is 5.75 Å². The number of nitrogens with one attached hydrogen (secondary N) is 2. The van der Waals surface area contributed by atoms with Crippen molar-refractivity contribution in [2.75, 3.05) is 0 Å². The zero-order valence-electron chi connectivity index (χ0n) is 15.7. The van der Waals surface area contributed by atoms with E-state index >= 15 is 0 Å². The maximum atomic E-state index is 12.6. The predicted octanol–water partition coefficient (Wildman–Crippen LogP) is 1.87. The molecule has 0 aliphatic carbocycles. The molecule has 28 heavy (non-hydrogen) atoms. The normalized spacial score (nSPS) is 19.0. The Balaban J connectivity index is 1.67. The SMILES string of the molecule is CC(=O)N[C@H](C(=O)N[C@H]1C(=O)O[C@H]1C)c1ccc(OCc2ccccc2)cc1. The van der Waals surface area contributed by atoms with Crippen LogP contribution >= 0.6 is 0 Å². The van der Waals surface area contributed by atoms with Gasteiger partial charge in [-0.3, -0.25) is 9.59 Å². The van der Waals surface area contributed by atoms with Gasteiger partial charge in [0.15, 0.2) is 6.04 Å². The van der Waals surface area contributed by atoms with Crippen LogP contribution in [0.2, 0.25) is 0 Å². The number of carbonyl (C=O) groups is 3. The summed E-state index contributed by atoms with van der Waals surface area (Å²) in [5.74, 6) is -0.659. The van der Waals surface area contributed by atoms with E-state index in [-0.39, 0.29) is 12.0 Å². The van der Waals surface area contributed by atoms with E-state index in [1.165, 1.54) is 6.92 Å². The summed E-state index contributed by atoms with van der Waals surface area (Å²) in [6.07, 6.45) is -0.386. The molecule has 2 amide bonds. The molecule has 3 atom stereocenters. The number of hydrogen-bond acceptors (Lipinski definition) is 5. The Labute approximate surface area is 163 Å². The van der Waals surface area contributed by atoms with Crippen LogP contribution in [-0.4, -0.2) is 29.9 Å². The highest BCUT2D eigenvalue weighted by atomic mass is 16.6. The lowest BCUT2D eigenvalue weighted by atomic mass is 10.0. The van der Waals surface area contributed by atoms with Crippen molar-refractivity contribution in [3.05, 3.63) is 65.7 Å². The molecule has 0 unspecified atom stereocenters. The Kier molecular flexibility index (Phi) is 5.93. The maximum absolute atomic E-state index is 12.6. The molecule has 1 heterocycles. The average molecular weight is 382 g/mol. The predicted molar refractivity (Wildman–Crippen MR) is 101 cm³/mol. The van der Waals surface area contributed by atoms with E-state index < -0.39 is 24.0 Å². The number of benzene rings is 2. The first kappa shape index (κ1) is 19.4. The van der Waals surface area contributed by atoms with E-state index in [0.29, 0.717) is 17.9 Å². The fraction of sp³-hybridized carbons (Fsp3) is 0.286. The molecule has 0 radical (unpaired) electrons. The Hall–Kier alpha value is -3.35. The summed E-state index contributed by atoms with van der Waals surface area (Å²) in [7, 11) is 0. The maximum Gasteiger partial charge on any atom is 0.332 e. The van der Waals surface area contributed by atoms with Crippen LogP contribution in [0.15, 0.2) is 54.6 Å². The van der Waals surface area contributed by atoms with Gasteiger partial charge in [-0.25, -0.2) is 4.79 Å². The highest BCUT2D eigenvalue weighted by molar-refractivity contribution is 5.93. The molecule has 7 nitrogen and oxygen atoms in total. The van der Waals surface area contributed by atoms with Crippen LogP contribution in [0.3, 0.4) is 0 Å². The number of amides is 2. The van der Waals surface area contributed by atoms with Gasteiger partial charge < -0.3 is 20.1 Å². The summed E-state index contributed by atoms with van der Waals surface area (Å²) in [5, 5.41) is 5.23. The van der Waals surface area contributed by atoms with Crippen LogP contribution in [-0.2, 0) is 25.7 Å². The molecule has 2 aromatic carbocycles. The fourth-order valence-electron chi connectivity index (χ4n) is 2.86. The van der Waals surface area contributed by atoms with Gasteiger partial charge in [-0.2, -0.15) is 0 Å². The Morgan fingerprint density at radius 1 is 1.11 bits per heavy atom. The molecule has 0 bridgehead atoms. The van der Waals surface area contributed by atoms with E-state index in [1.54, 1.807) is 31.2 Å². The van der Waals surface area contributed by atoms with E-state index in [0.717, 1.165) is 5.56 Å². The van der Waals surface area contributed by atoms with Gasteiger partial charge >= 0.3 is 5.97 Å². The van der Waals surface area contributed by atoms with Crippen molar-refractivity contribution in [2.24, 2.45) is 0 Å². The van der Waals surface area contributed by atoms with Crippen molar-refractivity contribution < 1.29 is 23.9 Å². The molecule has 7 heteroatoms. The second-order valence-electron chi connectivity index (χ2n) is 6.61. The Bertz CT molecular complexity index is 851. The van der Waals surface area contributed by atoms with E-state index in [4.69, 9.17) is 9.47 Å². The largest absolute Gasteiger partial charge is 0.489 e. The van der Waals surface area contributed by atoms with Crippen molar-refractivity contribution >= 4 is 17.8 Å². The molecular formula is C21H22N2O5. The number of rotatable bonds is 7. The minimum atomic E-state index is -0.915. The monoisotopic (exact) mass is 382 g/mol. The summed E-state index contributed by atoms with van der Waals surface area (Å²) in [6, 6.07) is 15.0. The van der Waals surface area contributed by atoms with Gasteiger partial charge in [-0.1, -0.05) is 42.5 Å². The summed E-state index contributed by atoms with van der Waals surface area (Å²) in [4.78, 5) is 35.6. The molecule has 1 aliphatic heterocycles. The van der Waals surface area contributed by atoms with Gasteiger partial charge in [0.05, 0.1) is 0 Å². The Morgan fingerprint density at radius 2 is 1.79 bits per heavy atom. The third-order valence-corrected chi connectivity index (χ3v) is 4.39. The van der Waals surface area contributed by atoms with Crippen molar-refractivity contribution in [2.45, 2.75) is 38.6 Å². The third kappa shape index (κ3) is 4.68. The number of cyclic esters (lactones) is 1. The quantitative estimate of drug-likeness (QED) is 0.713. The molecule has 1 fully saturated rings. The molecule has 2 N–H and O–H groups in total. The highest BCUT2D eigenvalue weighted by Gasteiger charge is 2.41. The van der Waals surface area contributed by atoms with Crippen LogP contribution < -0.4 is 15.4 Å². The van der Waals surface area contributed by atoms with Crippen LogP contribution in [0.5, 0.6) is 5.75 Å². The molecule has 146 valence electrons. The number of hydrogen-bond donors (Lipinski definition) is 2. The van der Waals surface area contributed by atoms with Crippen molar-refractivity contribution in [1.29, 1.82) is 0 Å². The molecule has 0 saturated carbocycles. The van der Waals surface area contributed by atoms with Gasteiger partial charge in [-0.05, 0) is 30.2 Å². The number of carbonyl (C=O) groups excluding carboxylic acids is 3. The zero-order chi connectivity index (χ0) is 20.1. The lowest BCUT2D eigenvalue weighted by molar-refractivity contribution is -0.176. The first-order chi connectivity index (χ1) is 13.4. The molecule has 1 aliphatic rings. The molecule has 2 aromatic rings. The first-order valence-electron chi connectivity index (χ1n) is 8.98. The summed E-state index contributed by atoms with van der Waals surface area (Å²) < 4.78 is 10.6. The van der Waals surface area contributed by atoms with Gasteiger partial charge in [0.1, 0.15) is 24.5 Å². The number of ether oxygens (including phenoxy) is 2. The van der Waals surface area contributed by atoms with E-state index in [1.807, 2.05) is 30.3 Å². The van der Waals surface area contributed by atoms with Crippen LogP contribution in [0, 0.1) is 0 Å². The van der Waals surface area contributed by atoms with E-state index in [2.05, 4.69) is 10.6 Å². The van der Waals surface area contributed by atoms with Gasteiger partial charge in [0, 0.05) is 6.92 Å². The topological polar surface area (TPSA) is 93.7 Å². The third-order valence-electron chi connectivity index (χ3n) is 4.39. The van der Waals surface area contributed by atoms with E-state index in [9.17, 15) is 14.4 Å². The first-order valence-corrected chi connectivity index (χ1v) is 8.98. The lowest BCUT2D eigenvalue weighted by Crippen LogP contribution is -2.60. The zero-order valence-corrected chi connectivity index (χ0v) is 15.7. The molecule has 1 saturated heterocycles. The van der Waals surface area contributed by atoms with Crippen molar-refractivity contribution in [3.63, 3.8) is 0 Å². The van der Waals surface area contributed by atoms with Gasteiger partial charge in [-0.15, -0.1) is 0 Å². The Morgan fingerprint density at radius 3 is 2.36 bits per heavy atom. The minimum Gasteiger partial charge on any atom is -0.489 e. The smallest absolute Gasteiger partial charge is 0.332 e. The fourth-order valence-corrected chi connectivity index (χ4v) is 2.86. The molecule has 0 aromatic heterocycles. The molecular weight excluding hydrogens is 360 g/mol. The second kappa shape index (κ2) is 8.56. The number of esters is 1. The summed E-state index contributed by atoms with van der Waals surface area (Å²) in [5.41, 5.74) is 1.63. The van der Waals surface area contributed by atoms with Crippen molar-refractivity contribution in [1.82, 2.24) is 10.6 Å². The van der Waals surface area contributed by atoms with Crippen LogP contribution in [0.4, 0.5) is 0 Å². The van der Waals surface area contributed by atoms with Crippen LogP contribution in [0.1, 0.15) is 31.0 Å². The van der Waals surface area contributed by atoms with Gasteiger partial charge in [0.2, 0.25) is 11.8 Å². The molecule has 3 rings (SSSR count). The standard InChI is InChI=1S/C21H22N2O5/c1-13-18(21(26)28-13)23-20(25)19(22-14(2)24)16-8-10-17(11-9-16)27-12-15-6-4-3-5-7-15/h3-11,13,18-19H,12H2,1-2H3,(H,22,24)(H,23,25)/t13-,18+,19-/m0/s1. The summed E-state index contributed by atoms with van der Waals surface area (Å²) in [6.45, 7) is 3.45. The summed E-state index contributed by atoms with van der Waals surface area (Å²) >= 11 is 0. The average Bonchev–Trinajstić information content (AvgIpc) is 2.70. The minimum absolute atomic E-state index is 0.353. The van der Waals surface area contributed by atoms with Crippen LogP contribution in [0.25, 0.3) is 0 Å². The highest BCUT2D eigenvalue weighted by Crippen LogP contribution is 2.21. The van der Waals surface area contributed by atoms with Gasteiger partial charge in [0.25, 0.3) is 0 Å². The molecule has 0 spiro atoms. The lowest BCUT2D eigenvalue weighted by Gasteiger charge is -2.33. The second-order valence-corrected chi connectivity index (χ2v) is 6.61.